The quantitative estimate of drug-likeness (QED) is 0.334. The van der Waals surface area contributed by atoms with Crippen molar-refractivity contribution < 1.29 is 13.6 Å². The van der Waals surface area contributed by atoms with Crippen LogP contribution in [0, 0.1) is 5.82 Å². The van der Waals surface area contributed by atoms with Gasteiger partial charge in [0.1, 0.15) is 11.3 Å². The van der Waals surface area contributed by atoms with E-state index in [2.05, 4.69) is 29.5 Å². The highest BCUT2D eigenvalue weighted by molar-refractivity contribution is 7.80. The molecule has 162 valence electrons. The zero-order chi connectivity index (χ0) is 22.8. The molecule has 0 aliphatic rings. The van der Waals surface area contributed by atoms with E-state index in [0.717, 1.165) is 11.6 Å². The highest BCUT2D eigenvalue weighted by Crippen LogP contribution is 2.31. The Morgan fingerprint density at radius 1 is 1.12 bits per heavy atom. The first kappa shape index (κ1) is 21.9. The molecule has 0 atom stereocenters. The molecule has 1 aromatic heterocycles. The van der Waals surface area contributed by atoms with E-state index in [9.17, 15) is 9.18 Å². The maximum atomic E-state index is 13.3. The molecule has 0 radical (unpaired) electrons. The molecule has 0 saturated heterocycles. The number of rotatable bonds is 4. The molecule has 4 rings (SSSR count). The molecule has 0 unspecified atom stereocenters. The van der Waals surface area contributed by atoms with Crippen LogP contribution in [0.2, 0.25) is 5.02 Å². The molecule has 0 bridgehead atoms. The lowest BCUT2D eigenvalue weighted by Crippen LogP contribution is -2.34. The number of nitrogens with one attached hydrogen (secondary N) is 2. The van der Waals surface area contributed by atoms with E-state index in [-0.39, 0.29) is 10.7 Å². The maximum absolute atomic E-state index is 13.3. The standard InChI is InChI=1S/C24H19ClFN3O2S/c1-13(2)14-7-9-21-20(11-14)27-23(31-21)16-6-8-18(25)19(12-16)28-24(32)29-22(30)15-4-3-5-17(26)10-15/h3-13H,1-2H3,(H2,28,29,30,32). The van der Waals surface area contributed by atoms with Crippen molar-refractivity contribution >= 4 is 51.6 Å². The number of benzene rings is 3. The highest BCUT2D eigenvalue weighted by Gasteiger charge is 2.14. The number of nitrogens with zero attached hydrogens (tertiary/aromatic N) is 1. The molecule has 1 heterocycles. The molecule has 5 nitrogen and oxygen atoms in total. The van der Waals surface area contributed by atoms with Crippen molar-refractivity contribution in [3.8, 4) is 11.5 Å². The molecule has 8 heteroatoms. The second kappa shape index (κ2) is 9.06. The molecule has 0 aliphatic heterocycles. The molecular formula is C24H19ClFN3O2S. The van der Waals surface area contributed by atoms with E-state index >= 15 is 0 Å². The zero-order valence-electron chi connectivity index (χ0n) is 17.3. The van der Waals surface area contributed by atoms with E-state index in [4.69, 9.17) is 28.2 Å². The van der Waals surface area contributed by atoms with E-state index in [1.165, 1.54) is 23.8 Å². The number of amides is 1. The fraction of sp³-hybridized carbons (Fsp3) is 0.125. The first-order valence-electron chi connectivity index (χ1n) is 9.88. The summed E-state index contributed by atoms with van der Waals surface area (Å²) in [5, 5.41) is 5.83. The van der Waals surface area contributed by atoms with Crippen molar-refractivity contribution in [3.05, 3.63) is 82.6 Å². The van der Waals surface area contributed by atoms with E-state index in [1.54, 1.807) is 18.2 Å². The lowest BCUT2D eigenvalue weighted by Gasteiger charge is -2.12. The van der Waals surface area contributed by atoms with Gasteiger partial charge in [-0.25, -0.2) is 9.37 Å². The van der Waals surface area contributed by atoms with Crippen molar-refractivity contribution in [1.29, 1.82) is 0 Å². The van der Waals surface area contributed by atoms with Crippen LogP contribution in [0.1, 0.15) is 35.7 Å². The molecular weight excluding hydrogens is 449 g/mol. The van der Waals surface area contributed by atoms with Crippen molar-refractivity contribution in [1.82, 2.24) is 10.3 Å². The average molecular weight is 468 g/mol. The Labute approximate surface area is 194 Å². The van der Waals surface area contributed by atoms with Gasteiger partial charge < -0.3 is 9.73 Å². The normalized spacial score (nSPS) is 11.0. The maximum Gasteiger partial charge on any atom is 0.257 e. The molecule has 4 aromatic rings. The summed E-state index contributed by atoms with van der Waals surface area (Å²) >= 11 is 11.5. The predicted molar refractivity (Wildman–Crippen MR) is 129 cm³/mol. The number of hydrogen-bond acceptors (Lipinski definition) is 4. The van der Waals surface area contributed by atoms with Gasteiger partial charge in [0.15, 0.2) is 10.7 Å². The van der Waals surface area contributed by atoms with E-state index < -0.39 is 11.7 Å². The number of fused-ring (bicyclic) bond motifs is 1. The molecule has 0 aliphatic carbocycles. The molecule has 0 fully saturated rings. The van der Waals surface area contributed by atoms with Crippen LogP contribution in [0.4, 0.5) is 10.1 Å². The van der Waals surface area contributed by atoms with Crippen LogP contribution in [0.3, 0.4) is 0 Å². The van der Waals surface area contributed by atoms with Gasteiger partial charge in [-0.3, -0.25) is 10.1 Å². The van der Waals surface area contributed by atoms with Gasteiger partial charge in [0.05, 0.1) is 10.7 Å². The summed E-state index contributed by atoms with van der Waals surface area (Å²) in [7, 11) is 0. The third-order valence-corrected chi connectivity index (χ3v) is 5.39. The van der Waals surface area contributed by atoms with Crippen LogP contribution in [0.25, 0.3) is 22.6 Å². The van der Waals surface area contributed by atoms with Crippen molar-refractivity contribution in [2.75, 3.05) is 5.32 Å². The number of carbonyl (C=O) groups is 1. The van der Waals surface area contributed by atoms with Crippen molar-refractivity contribution in [2.45, 2.75) is 19.8 Å². The Hall–Kier alpha value is -3.29. The topological polar surface area (TPSA) is 67.2 Å². The fourth-order valence-electron chi connectivity index (χ4n) is 3.14. The lowest BCUT2D eigenvalue weighted by molar-refractivity contribution is 0.0977. The highest BCUT2D eigenvalue weighted by atomic mass is 35.5. The fourth-order valence-corrected chi connectivity index (χ4v) is 3.51. The number of hydrogen-bond donors (Lipinski definition) is 2. The van der Waals surface area contributed by atoms with E-state index in [0.29, 0.717) is 33.7 Å². The summed E-state index contributed by atoms with van der Waals surface area (Å²) in [5.41, 5.74) is 3.95. The summed E-state index contributed by atoms with van der Waals surface area (Å²) in [6.45, 7) is 4.24. The third kappa shape index (κ3) is 4.79. The largest absolute Gasteiger partial charge is 0.436 e. The Balaban J connectivity index is 1.54. The van der Waals surface area contributed by atoms with Crippen molar-refractivity contribution in [3.63, 3.8) is 0 Å². The van der Waals surface area contributed by atoms with Crippen molar-refractivity contribution in [2.24, 2.45) is 0 Å². The number of oxazole rings is 1. The van der Waals surface area contributed by atoms with Crippen LogP contribution < -0.4 is 10.6 Å². The van der Waals surface area contributed by atoms with Gasteiger partial charge in [-0.15, -0.1) is 0 Å². The smallest absolute Gasteiger partial charge is 0.257 e. The Morgan fingerprint density at radius 2 is 1.94 bits per heavy atom. The summed E-state index contributed by atoms with van der Waals surface area (Å²) in [5.74, 6) is -0.217. The van der Waals surface area contributed by atoms with E-state index in [1.807, 2.05) is 18.2 Å². The summed E-state index contributed by atoms with van der Waals surface area (Å²) in [4.78, 5) is 16.9. The molecule has 1 amide bonds. The van der Waals surface area contributed by atoms with Gasteiger partial charge in [-0.1, -0.05) is 37.6 Å². The van der Waals surface area contributed by atoms with Gasteiger partial charge in [0.25, 0.3) is 5.91 Å². The van der Waals surface area contributed by atoms with Gasteiger partial charge in [-0.05, 0) is 72.2 Å². The second-order valence-corrected chi connectivity index (χ2v) is 8.33. The third-order valence-electron chi connectivity index (χ3n) is 4.85. The summed E-state index contributed by atoms with van der Waals surface area (Å²) < 4.78 is 19.3. The Kier molecular flexibility index (Phi) is 6.21. The first-order valence-corrected chi connectivity index (χ1v) is 10.7. The average Bonchev–Trinajstić information content (AvgIpc) is 3.18. The minimum Gasteiger partial charge on any atom is -0.436 e. The number of aromatic nitrogens is 1. The van der Waals surface area contributed by atoms with Crippen LogP contribution in [-0.4, -0.2) is 16.0 Å². The number of halogens is 2. The molecule has 3 aromatic carbocycles. The number of thiocarbonyl (C=S) groups is 1. The van der Waals surface area contributed by atoms with Crippen LogP contribution in [0.15, 0.2) is 65.1 Å². The Morgan fingerprint density at radius 3 is 2.69 bits per heavy atom. The lowest BCUT2D eigenvalue weighted by atomic mass is 10.0. The van der Waals surface area contributed by atoms with Gasteiger partial charge in [0, 0.05) is 11.1 Å². The SMILES string of the molecule is CC(C)c1ccc2oc(-c3ccc(Cl)c(NC(=S)NC(=O)c4cccc(F)c4)c3)nc2c1. The second-order valence-electron chi connectivity index (χ2n) is 7.51. The zero-order valence-corrected chi connectivity index (χ0v) is 18.9. The first-order chi connectivity index (χ1) is 15.3. The minimum atomic E-state index is -0.533. The molecule has 0 spiro atoms. The van der Waals surface area contributed by atoms with Crippen LogP contribution in [0.5, 0.6) is 0 Å². The molecule has 0 saturated carbocycles. The molecule has 2 N–H and O–H groups in total. The minimum absolute atomic E-state index is 0.0254. The van der Waals surface area contributed by atoms with Crippen LogP contribution >= 0.6 is 23.8 Å². The number of anilines is 1. The number of carbonyl (C=O) groups excluding carboxylic acids is 1. The summed E-state index contributed by atoms with van der Waals surface area (Å²) in [6.07, 6.45) is 0. The predicted octanol–water partition coefficient (Wildman–Crippen LogP) is 6.54. The van der Waals surface area contributed by atoms with Crippen LogP contribution in [-0.2, 0) is 0 Å². The monoisotopic (exact) mass is 467 g/mol. The van der Waals surface area contributed by atoms with Gasteiger partial charge in [0.2, 0.25) is 5.89 Å². The Bertz CT molecular complexity index is 1340. The van der Waals surface area contributed by atoms with Gasteiger partial charge in [-0.2, -0.15) is 0 Å². The molecule has 32 heavy (non-hydrogen) atoms. The summed E-state index contributed by atoms with van der Waals surface area (Å²) in [6, 6.07) is 16.5. The van der Waals surface area contributed by atoms with Gasteiger partial charge >= 0.3 is 0 Å².